The Morgan fingerprint density at radius 3 is 2.62 bits per heavy atom. The fraction of sp³-hybridized carbons (Fsp3) is 0.231. The van der Waals surface area contributed by atoms with E-state index < -0.39 is 0 Å². The standard InChI is InChI=1S/C13H14FNO/c1-9-6-7-12(16-9)13(15-2)10-4-3-5-11(14)8-10/h3-8,13,15H,1-2H3. The van der Waals surface area contributed by atoms with Crippen LogP contribution >= 0.6 is 0 Å². The highest BCUT2D eigenvalue weighted by Gasteiger charge is 2.15. The third-order valence-corrected chi connectivity index (χ3v) is 2.52. The highest BCUT2D eigenvalue weighted by atomic mass is 19.1. The Balaban J connectivity index is 2.36. The van der Waals surface area contributed by atoms with Gasteiger partial charge in [0.1, 0.15) is 17.3 Å². The van der Waals surface area contributed by atoms with Crippen molar-refractivity contribution < 1.29 is 8.81 Å². The first kappa shape index (κ1) is 10.9. The second-order valence-corrected chi connectivity index (χ2v) is 3.73. The second kappa shape index (κ2) is 4.49. The summed E-state index contributed by atoms with van der Waals surface area (Å²) in [6.45, 7) is 1.89. The number of rotatable bonds is 3. The summed E-state index contributed by atoms with van der Waals surface area (Å²) in [4.78, 5) is 0. The van der Waals surface area contributed by atoms with Crippen LogP contribution in [0.15, 0.2) is 40.8 Å². The molecule has 2 aromatic rings. The lowest BCUT2D eigenvalue weighted by Crippen LogP contribution is -2.17. The Hall–Kier alpha value is -1.61. The van der Waals surface area contributed by atoms with E-state index >= 15 is 0 Å². The molecule has 1 heterocycles. The minimum atomic E-state index is -0.235. The van der Waals surface area contributed by atoms with E-state index in [0.29, 0.717) is 0 Å². The van der Waals surface area contributed by atoms with Gasteiger partial charge in [-0.3, -0.25) is 0 Å². The minimum absolute atomic E-state index is 0.107. The van der Waals surface area contributed by atoms with Crippen LogP contribution in [0.2, 0.25) is 0 Å². The van der Waals surface area contributed by atoms with Crippen molar-refractivity contribution in [1.82, 2.24) is 5.32 Å². The van der Waals surface area contributed by atoms with Gasteiger partial charge in [-0.2, -0.15) is 0 Å². The van der Waals surface area contributed by atoms with E-state index in [4.69, 9.17) is 4.42 Å². The zero-order chi connectivity index (χ0) is 11.5. The zero-order valence-electron chi connectivity index (χ0n) is 9.33. The molecule has 0 saturated carbocycles. The van der Waals surface area contributed by atoms with Crippen LogP contribution in [-0.2, 0) is 0 Å². The van der Waals surface area contributed by atoms with Crippen molar-refractivity contribution in [1.29, 1.82) is 0 Å². The van der Waals surface area contributed by atoms with Crippen LogP contribution in [0.4, 0.5) is 4.39 Å². The maximum absolute atomic E-state index is 13.1. The van der Waals surface area contributed by atoms with E-state index in [0.717, 1.165) is 17.1 Å². The van der Waals surface area contributed by atoms with Crippen molar-refractivity contribution in [2.24, 2.45) is 0 Å². The molecule has 0 aliphatic carbocycles. The normalized spacial score (nSPS) is 12.7. The summed E-state index contributed by atoms with van der Waals surface area (Å²) in [5.41, 5.74) is 0.858. The molecular formula is C13H14FNO. The van der Waals surface area contributed by atoms with E-state index in [9.17, 15) is 4.39 Å². The number of furan rings is 1. The van der Waals surface area contributed by atoms with Crippen molar-refractivity contribution in [2.45, 2.75) is 13.0 Å². The van der Waals surface area contributed by atoms with Gasteiger partial charge in [-0.25, -0.2) is 4.39 Å². The molecule has 1 aromatic heterocycles. The topological polar surface area (TPSA) is 25.2 Å². The molecule has 1 N–H and O–H groups in total. The highest BCUT2D eigenvalue weighted by molar-refractivity contribution is 5.27. The number of hydrogen-bond acceptors (Lipinski definition) is 2. The lowest BCUT2D eigenvalue weighted by atomic mass is 10.0. The van der Waals surface area contributed by atoms with Gasteiger partial charge in [0.15, 0.2) is 0 Å². The number of aryl methyl sites for hydroxylation is 1. The van der Waals surface area contributed by atoms with Crippen LogP contribution in [0.3, 0.4) is 0 Å². The SMILES string of the molecule is CNC(c1cccc(F)c1)c1ccc(C)o1. The quantitative estimate of drug-likeness (QED) is 0.858. The molecule has 84 valence electrons. The first-order valence-corrected chi connectivity index (χ1v) is 5.20. The fourth-order valence-electron chi connectivity index (χ4n) is 1.77. The molecule has 0 fully saturated rings. The lowest BCUT2D eigenvalue weighted by Gasteiger charge is -2.13. The van der Waals surface area contributed by atoms with E-state index in [1.54, 1.807) is 6.07 Å². The average Bonchev–Trinajstić information content (AvgIpc) is 2.66. The first-order valence-electron chi connectivity index (χ1n) is 5.20. The minimum Gasteiger partial charge on any atom is -0.464 e. The van der Waals surface area contributed by atoms with Gasteiger partial charge in [0.05, 0.1) is 6.04 Å². The molecule has 1 atom stereocenters. The molecular weight excluding hydrogens is 205 g/mol. The average molecular weight is 219 g/mol. The van der Waals surface area contributed by atoms with Crippen molar-refractivity contribution in [3.05, 3.63) is 59.3 Å². The molecule has 2 rings (SSSR count). The summed E-state index contributed by atoms with van der Waals surface area (Å²) in [6, 6.07) is 10.2. The Morgan fingerprint density at radius 2 is 2.06 bits per heavy atom. The third-order valence-electron chi connectivity index (χ3n) is 2.52. The summed E-state index contributed by atoms with van der Waals surface area (Å²) in [5.74, 6) is 1.42. The van der Waals surface area contributed by atoms with Crippen LogP contribution < -0.4 is 5.32 Å². The van der Waals surface area contributed by atoms with E-state index in [2.05, 4.69) is 5.32 Å². The Morgan fingerprint density at radius 1 is 1.25 bits per heavy atom. The van der Waals surface area contributed by atoms with Crippen LogP contribution in [-0.4, -0.2) is 7.05 Å². The van der Waals surface area contributed by atoms with Crippen molar-refractivity contribution in [2.75, 3.05) is 7.05 Å². The molecule has 0 spiro atoms. The Bertz CT molecular complexity index is 478. The summed E-state index contributed by atoms with van der Waals surface area (Å²) in [7, 11) is 1.83. The number of benzene rings is 1. The smallest absolute Gasteiger partial charge is 0.125 e. The zero-order valence-corrected chi connectivity index (χ0v) is 9.33. The van der Waals surface area contributed by atoms with Gasteiger partial charge in [-0.1, -0.05) is 12.1 Å². The Labute approximate surface area is 94.1 Å². The molecule has 16 heavy (non-hydrogen) atoms. The second-order valence-electron chi connectivity index (χ2n) is 3.73. The Kier molecular flexibility index (Phi) is 3.06. The van der Waals surface area contributed by atoms with Crippen LogP contribution in [0.5, 0.6) is 0 Å². The van der Waals surface area contributed by atoms with Gasteiger partial charge < -0.3 is 9.73 Å². The van der Waals surface area contributed by atoms with Crippen molar-refractivity contribution >= 4 is 0 Å². The van der Waals surface area contributed by atoms with Gasteiger partial charge in [0, 0.05) is 0 Å². The molecule has 0 radical (unpaired) electrons. The van der Waals surface area contributed by atoms with E-state index in [-0.39, 0.29) is 11.9 Å². The molecule has 1 aromatic carbocycles. The molecule has 0 aliphatic rings. The van der Waals surface area contributed by atoms with Crippen LogP contribution in [0, 0.1) is 12.7 Å². The molecule has 0 amide bonds. The number of hydrogen-bond donors (Lipinski definition) is 1. The fourth-order valence-corrected chi connectivity index (χ4v) is 1.77. The maximum Gasteiger partial charge on any atom is 0.125 e. The lowest BCUT2D eigenvalue weighted by molar-refractivity contribution is 0.443. The molecule has 0 bridgehead atoms. The maximum atomic E-state index is 13.1. The van der Waals surface area contributed by atoms with Gasteiger partial charge in [0.25, 0.3) is 0 Å². The summed E-state index contributed by atoms with van der Waals surface area (Å²) < 4.78 is 18.7. The largest absolute Gasteiger partial charge is 0.464 e. The summed E-state index contributed by atoms with van der Waals surface area (Å²) in [6.07, 6.45) is 0. The number of halogens is 1. The van der Waals surface area contributed by atoms with Crippen LogP contribution in [0.1, 0.15) is 23.1 Å². The van der Waals surface area contributed by atoms with E-state index in [1.807, 2.05) is 32.2 Å². The third kappa shape index (κ3) is 2.14. The predicted octanol–water partition coefficient (Wildman–Crippen LogP) is 3.04. The first-order chi connectivity index (χ1) is 7.70. The summed E-state index contributed by atoms with van der Waals surface area (Å²) >= 11 is 0. The van der Waals surface area contributed by atoms with Crippen LogP contribution in [0.25, 0.3) is 0 Å². The number of nitrogens with one attached hydrogen (secondary N) is 1. The molecule has 0 aliphatic heterocycles. The van der Waals surface area contributed by atoms with Gasteiger partial charge in [-0.05, 0) is 43.8 Å². The van der Waals surface area contributed by atoms with Crippen molar-refractivity contribution in [3.63, 3.8) is 0 Å². The van der Waals surface area contributed by atoms with Crippen molar-refractivity contribution in [3.8, 4) is 0 Å². The van der Waals surface area contributed by atoms with Gasteiger partial charge in [0.2, 0.25) is 0 Å². The molecule has 3 heteroatoms. The summed E-state index contributed by atoms with van der Waals surface area (Å²) in [5, 5.41) is 3.11. The monoisotopic (exact) mass is 219 g/mol. The molecule has 1 unspecified atom stereocenters. The predicted molar refractivity (Wildman–Crippen MR) is 60.7 cm³/mol. The highest BCUT2D eigenvalue weighted by Crippen LogP contribution is 2.23. The molecule has 2 nitrogen and oxygen atoms in total. The molecule has 0 saturated heterocycles. The van der Waals surface area contributed by atoms with E-state index in [1.165, 1.54) is 12.1 Å². The van der Waals surface area contributed by atoms with Gasteiger partial charge in [-0.15, -0.1) is 0 Å². The van der Waals surface area contributed by atoms with Gasteiger partial charge >= 0.3 is 0 Å².